The van der Waals surface area contributed by atoms with E-state index in [-0.39, 0.29) is 12.1 Å². The molecule has 0 spiro atoms. The van der Waals surface area contributed by atoms with Crippen LogP contribution in [0.15, 0.2) is 10.3 Å². The molecule has 1 aliphatic carbocycles. The Morgan fingerprint density at radius 1 is 1.26 bits per heavy atom. The summed E-state index contributed by atoms with van der Waals surface area (Å²) in [5, 5.41) is 0. The molecular formula is C13H22N2O2S2. The minimum Gasteiger partial charge on any atom is -0.328 e. The van der Waals surface area contributed by atoms with Gasteiger partial charge in [-0.15, -0.1) is 11.3 Å². The minimum absolute atomic E-state index is 0.0903. The topological polar surface area (TPSA) is 63.4 Å². The van der Waals surface area contributed by atoms with Crippen LogP contribution in [0, 0.1) is 13.8 Å². The van der Waals surface area contributed by atoms with Crippen LogP contribution in [0.5, 0.6) is 0 Å². The highest BCUT2D eigenvalue weighted by Crippen LogP contribution is 2.31. The van der Waals surface area contributed by atoms with E-state index in [1.165, 1.54) is 11.3 Å². The highest BCUT2D eigenvalue weighted by Gasteiger charge is 2.31. The summed E-state index contributed by atoms with van der Waals surface area (Å²) in [5.74, 6) is 0. The number of hydrogen-bond acceptors (Lipinski definition) is 4. The third-order valence-corrected chi connectivity index (χ3v) is 7.54. The van der Waals surface area contributed by atoms with Crippen molar-refractivity contribution in [3.8, 4) is 0 Å². The highest BCUT2D eigenvalue weighted by molar-refractivity contribution is 7.91. The number of nitrogens with zero attached hydrogens (tertiary/aromatic N) is 1. The Hall–Kier alpha value is -0.430. The quantitative estimate of drug-likeness (QED) is 0.931. The summed E-state index contributed by atoms with van der Waals surface area (Å²) in [6.07, 6.45) is 3.54. The lowest BCUT2D eigenvalue weighted by Gasteiger charge is -2.32. The lowest BCUT2D eigenvalue weighted by Crippen LogP contribution is -2.41. The van der Waals surface area contributed by atoms with Crippen molar-refractivity contribution in [1.82, 2.24) is 4.31 Å². The molecule has 2 rings (SSSR count). The maximum Gasteiger partial charge on any atom is 0.252 e. The van der Waals surface area contributed by atoms with Gasteiger partial charge in [-0.05, 0) is 51.2 Å². The first-order valence-corrected chi connectivity index (χ1v) is 8.88. The maximum absolute atomic E-state index is 12.6. The lowest BCUT2D eigenvalue weighted by atomic mass is 9.92. The van der Waals surface area contributed by atoms with Crippen LogP contribution in [0.1, 0.15) is 36.1 Å². The van der Waals surface area contributed by atoms with Crippen molar-refractivity contribution in [2.45, 2.75) is 55.8 Å². The Balaban J connectivity index is 2.19. The van der Waals surface area contributed by atoms with E-state index in [2.05, 4.69) is 0 Å². The molecule has 6 heteroatoms. The largest absolute Gasteiger partial charge is 0.328 e. The second kappa shape index (κ2) is 5.52. The third kappa shape index (κ3) is 3.02. The van der Waals surface area contributed by atoms with E-state index in [1.807, 2.05) is 13.8 Å². The van der Waals surface area contributed by atoms with E-state index < -0.39 is 10.0 Å². The Labute approximate surface area is 119 Å². The standard InChI is InChI=1S/C13H22N2O2S2/c1-9-8-13(18-10(9)2)19(16,17)15(3)12-6-4-11(14)5-7-12/h8,11-12H,4-7,14H2,1-3H3. The maximum atomic E-state index is 12.6. The van der Waals surface area contributed by atoms with Gasteiger partial charge >= 0.3 is 0 Å². The number of sulfonamides is 1. The second-order valence-electron chi connectivity index (χ2n) is 5.39. The second-order valence-corrected chi connectivity index (χ2v) is 8.88. The molecule has 0 aliphatic heterocycles. The van der Waals surface area contributed by atoms with Crippen LogP contribution in [0.2, 0.25) is 0 Å². The number of hydrogen-bond donors (Lipinski definition) is 1. The Morgan fingerprint density at radius 3 is 2.32 bits per heavy atom. The van der Waals surface area contributed by atoms with Gasteiger partial charge in [-0.3, -0.25) is 0 Å². The predicted molar refractivity (Wildman–Crippen MR) is 79.0 cm³/mol. The van der Waals surface area contributed by atoms with Gasteiger partial charge in [0, 0.05) is 24.0 Å². The van der Waals surface area contributed by atoms with Crippen molar-refractivity contribution in [2.75, 3.05) is 7.05 Å². The molecule has 0 amide bonds. The van der Waals surface area contributed by atoms with Gasteiger partial charge < -0.3 is 5.73 Å². The number of thiophene rings is 1. The van der Waals surface area contributed by atoms with Gasteiger partial charge in [0.05, 0.1) is 0 Å². The highest BCUT2D eigenvalue weighted by atomic mass is 32.2. The van der Waals surface area contributed by atoms with E-state index in [9.17, 15) is 8.42 Å². The number of nitrogens with two attached hydrogens (primary N) is 1. The monoisotopic (exact) mass is 302 g/mol. The van der Waals surface area contributed by atoms with Crippen molar-refractivity contribution in [3.63, 3.8) is 0 Å². The average molecular weight is 302 g/mol. The van der Waals surface area contributed by atoms with Crippen LogP contribution < -0.4 is 5.73 Å². The Kier molecular flexibility index (Phi) is 4.35. The van der Waals surface area contributed by atoms with Crippen molar-refractivity contribution >= 4 is 21.4 Å². The first-order chi connectivity index (χ1) is 8.82. The summed E-state index contributed by atoms with van der Waals surface area (Å²) in [4.78, 5) is 1.07. The molecule has 1 heterocycles. The molecule has 0 aromatic carbocycles. The molecule has 0 radical (unpaired) electrons. The van der Waals surface area contributed by atoms with Gasteiger partial charge in [0.2, 0.25) is 0 Å². The summed E-state index contributed by atoms with van der Waals surface area (Å²) < 4.78 is 27.2. The van der Waals surface area contributed by atoms with E-state index in [0.717, 1.165) is 36.1 Å². The van der Waals surface area contributed by atoms with E-state index in [1.54, 1.807) is 17.4 Å². The fourth-order valence-electron chi connectivity index (χ4n) is 2.47. The molecule has 0 atom stereocenters. The summed E-state index contributed by atoms with van der Waals surface area (Å²) in [6.45, 7) is 3.91. The summed E-state index contributed by atoms with van der Waals surface area (Å²) >= 11 is 1.36. The zero-order valence-electron chi connectivity index (χ0n) is 11.7. The van der Waals surface area contributed by atoms with Gasteiger partial charge in [-0.1, -0.05) is 0 Å². The smallest absolute Gasteiger partial charge is 0.252 e. The van der Waals surface area contributed by atoms with Crippen molar-refractivity contribution in [1.29, 1.82) is 0 Å². The Morgan fingerprint density at radius 2 is 1.84 bits per heavy atom. The predicted octanol–water partition coefficient (Wildman–Crippen LogP) is 2.26. The molecule has 108 valence electrons. The van der Waals surface area contributed by atoms with Gasteiger partial charge in [0.15, 0.2) is 0 Å². The van der Waals surface area contributed by atoms with Crippen LogP contribution in [-0.4, -0.2) is 31.9 Å². The molecular weight excluding hydrogens is 280 g/mol. The zero-order chi connectivity index (χ0) is 14.2. The zero-order valence-corrected chi connectivity index (χ0v) is 13.4. The Bertz CT molecular complexity index is 523. The van der Waals surface area contributed by atoms with E-state index in [0.29, 0.717) is 4.21 Å². The fourth-order valence-corrected chi connectivity index (χ4v) is 5.59. The number of rotatable bonds is 3. The van der Waals surface area contributed by atoms with Crippen LogP contribution >= 0.6 is 11.3 Å². The molecule has 1 fully saturated rings. The van der Waals surface area contributed by atoms with Crippen molar-refractivity contribution in [3.05, 3.63) is 16.5 Å². The average Bonchev–Trinajstić information content (AvgIpc) is 2.70. The SMILES string of the molecule is Cc1cc(S(=O)(=O)N(C)C2CCC(N)CC2)sc1C. The molecule has 1 aromatic rings. The molecule has 1 aliphatic rings. The molecule has 1 saturated carbocycles. The number of aryl methyl sites for hydroxylation is 2. The van der Waals surface area contributed by atoms with Gasteiger partial charge in [0.1, 0.15) is 4.21 Å². The van der Waals surface area contributed by atoms with Crippen LogP contribution in [-0.2, 0) is 10.0 Å². The van der Waals surface area contributed by atoms with E-state index >= 15 is 0 Å². The minimum atomic E-state index is -3.35. The third-order valence-electron chi connectivity index (χ3n) is 4.03. The molecule has 19 heavy (non-hydrogen) atoms. The first kappa shape index (κ1) is 15.0. The van der Waals surface area contributed by atoms with Crippen LogP contribution in [0.3, 0.4) is 0 Å². The van der Waals surface area contributed by atoms with E-state index in [4.69, 9.17) is 5.73 Å². The molecule has 2 N–H and O–H groups in total. The van der Waals surface area contributed by atoms with Crippen LogP contribution in [0.4, 0.5) is 0 Å². The normalized spacial score (nSPS) is 24.9. The van der Waals surface area contributed by atoms with Gasteiger partial charge in [-0.2, -0.15) is 4.31 Å². The summed E-state index contributed by atoms with van der Waals surface area (Å²) in [7, 11) is -1.65. The fraction of sp³-hybridized carbons (Fsp3) is 0.692. The molecule has 1 aromatic heterocycles. The van der Waals surface area contributed by atoms with Crippen LogP contribution in [0.25, 0.3) is 0 Å². The molecule has 0 saturated heterocycles. The van der Waals surface area contributed by atoms with Crippen molar-refractivity contribution in [2.24, 2.45) is 5.73 Å². The first-order valence-electron chi connectivity index (χ1n) is 6.63. The van der Waals surface area contributed by atoms with Gasteiger partial charge in [-0.25, -0.2) is 8.42 Å². The molecule has 0 unspecified atom stereocenters. The molecule has 4 nitrogen and oxygen atoms in total. The molecule has 0 bridgehead atoms. The summed E-state index contributed by atoms with van der Waals surface area (Å²) in [5.41, 5.74) is 6.92. The van der Waals surface area contributed by atoms with Gasteiger partial charge in [0.25, 0.3) is 10.0 Å². The summed E-state index contributed by atoms with van der Waals surface area (Å²) in [6, 6.07) is 2.10. The lowest BCUT2D eigenvalue weighted by molar-refractivity contribution is 0.269. The van der Waals surface area contributed by atoms with Crippen molar-refractivity contribution < 1.29 is 8.42 Å².